The predicted molar refractivity (Wildman–Crippen MR) is 75.7 cm³/mol. The summed E-state index contributed by atoms with van der Waals surface area (Å²) >= 11 is 0. The van der Waals surface area contributed by atoms with Gasteiger partial charge in [0.15, 0.2) is 0 Å². The summed E-state index contributed by atoms with van der Waals surface area (Å²) in [5.74, 6) is 0.301. The van der Waals surface area contributed by atoms with E-state index in [9.17, 15) is 5.11 Å². The second kappa shape index (κ2) is 4.57. The van der Waals surface area contributed by atoms with Crippen LogP contribution < -0.4 is 0 Å². The molecular formula is C14H27BO3. The van der Waals surface area contributed by atoms with Crippen LogP contribution in [-0.2, 0) is 9.31 Å². The van der Waals surface area contributed by atoms with Gasteiger partial charge in [-0.25, -0.2) is 0 Å². The lowest BCUT2D eigenvalue weighted by Gasteiger charge is -2.36. The molecule has 0 bridgehead atoms. The van der Waals surface area contributed by atoms with Gasteiger partial charge >= 0.3 is 7.12 Å². The van der Waals surface area contributed by atoms with Gasteiger partial charge < -0.3 is 14.4 Å². The third-order valence-corrected chi connectivity index (χ3v) is 4.99. The van der Waals surface area contributed by atoms with Gasteiger partial charge in [-0.2, -0.15) is 0 Å². The Morgan fingerprint density at radius 1 is 1.17 bits per heavy atom. The maximum absolute atomic E-state index is 9.37. The Morgan fingerprint density at radius 3 is 1.83 bits per heavy atom. The van der Waals surface area contributed by atoms with Crippen LogP contribution in [0.1, 0.15) is 55.4 Å². The van der Waals surface area contributed by atoms with Crippen LogP contribution in [0.3, 0.4) is 0 Å². The average molecular weight is 254 g/mol. The SMILES string of the molecule is C/C(=C\O)[C@](C)(B1OC(C)(C)C(C)(C)O1)C(C)C. The van der Waals surface area contributed by atoms with Crippen molar-refractivity contribution in [1.29, 1.82) is 0 Å². The van der Waals surface area contributed by atoms with Crippen molar-refractivity contribution >= 4 is 7.12 Å². The minimum absolute atomic E-state index is 0.301. The van der Waals surface area contributed by atoms with Crippen molar-refractivity contribution in [1.82, 2.24) is 0 Å². The van der Waals surface area contributed by atoms with E-state index in [2.05, 4.69) is 20.8 Å². The van der Waals surface area contributed by atoms with Crippen LogP contribution in [0.15, 0.2) is 11.8 Å². The van der Waals surface area contributed by atoms with E-state index in [0.29, 0.717) is 5.92 Å². The van der Waals surface area contributed by atoms with Gasteiger partial charge in [-0.3, -0.25) is 0 Å². The molecule has 1 rings (SSSR count). The van der Waals surface area contributed by atoms with Gasteiger partial charge in [0.05, 0.1) is 17.5 Å². The van der Waals surface area contributed by atoms with Gasteiger partial charge in [0.2, 0.25) is 0 Å². The van der Waals surface area contributed by atoms with Crippen molar-refractivity contribution < 1.29 is 14.4 Å². The Kier molecular flexibility index (Phi) is 3.96. The molecule has 1 N–H and O–H groups in total. The molecule has 0 aliphatic carbocycles. The van der Waals surface area contributed by atoms with Crippen molar-refractivity contribution in [3.05, 3.63) is 11.8 Å². The molecule has 0 amide bonds. The van der Waals surface area contributed by atoms with Crippen LogP contribution in [-0.4, -0.2) is 23.4 Å². The van der Waals surface area contributed by atoms with Gasteiger partial charge in [-0.15, -0.1) is 0 Å². The minimum atomic E-state index is -0.344. The van der Waals surface area contributed by atoms with E-state index in [0.717, 1.165) is 5.57 Å². The first-order valence-corrected chi connectivity index (χ1v) is 6.66. The second-order valence-electron chi connectivity index (χ2n) is 6.84. The maximum atomic E-state index is 9.37. The number of hydrogen-bond acceptors (Lipinski definition) is 3. The average Bonchev–Trinajstić information content (AvgIpc) is 2.45. The summed E-state index contributed by atoms with van der Waals surface area (Å²) in [6, 6.07) is 0. The summed E-state index contributed by atoms with van der Waals surface area (Å²) in [6.07, 6.45) is 1.17. The normalized spacial score (nSPS) is 26.5. The molecule has 0 radical (unpaired) electrons. The lowest BCUT2D eigenvalue weighted by Crippen LogP contribution is -2.41. The predicted octanol–water partition coefficient (Wildman–Crippen LogP) is 3.96. The van der Waals surface area contributed by atoms with Crippen molar-refractivity contribution in [3.8, 4) is 0 Å². The summed E-state index contributed by atoms with van der Waals surface area (Å²) in [5, 5.41) is 9.03. The summed E-state index contributed by atoms with van der Waals surface area (Å²) in [7, 11) is -0.342. The number of aliphatic hydroxyl groups excluding tert-OH is 1. The third kappa shape index (κ3) is 2.21. The quantitative estimate of drug-likeness (QED) is 0.612. The molecule has 0 unspecified atom stereocenters. The Morgan fingerprint density at radius 2 is 1.56 bits per heavy atom. The maximum Gasteiger partial charge on any atom is 0.468 e. The van der Waals surface area contributed by atoms with Crippen molar-refractivity contribution in [2.75, 3.05) is 0 Å². The third-order valence-electron chi connectivity index (χ3n) is 4.99. The van der Waals surface area contributed by atoms with Crippen LogP contribution in [0.25, 0.3) is 0 Å². The van der Waals surface area contributed by atoms with Gasteiger partial charge in [-0.1, -0.05) is 20.8 Å². The Balaban J connectivity index is 3.14. The molecule has 1 aliphatic rings. The van der Waals surface area contributed by atoms with E-state index in [-0.39, 0.29) is 23.6 Å². The number of hydrogen-bond donors (Lipinski definition) is 1. The van der Waals surface area contributed by atoms with Crippen LogP contribution in [0.2, 0.25) is 5.31 Å². The molecule has 0 spiro atoms. The summed E-state index contributed by atoms with van der Waals surface area (Å²) in [6.45, 7) is 16.4. The molecular weight excluding hydrogens is 227 g/mol. The van der Waals surface area contributed by atoms with E-state index < -0.39 is 0 Å². The molecule has 18 heavy (non-hydrogen) atoms. The zero-order valence-electron chi connectivity index (χ0n) is 13.0. The summed E-state index contributed by atoms with van der Waals surface area (Å²) < 4.78 is 12.3. The molecule has 1 saturated heterocycles. The molecule has 104 valence electrons. The molecule has 4 heteroatoms. The fourth-order valence-electron chi connectivity index (χ4n) is 2.14. The fourth-order valence-corrected chi connectivity index (χ4v) is 2.14. The van der Waals surface area contributed by atoms with Gasteiger partial charge in [0.25, 0.3) is 0 Å². The Labute approximate surface area is 112 Å². The summed E-state index contributed by atoms with van der Waals surface area (Å²) in [4.78, 5) is 0. The standard InChI is InChI=1S/C14H27BO3/c1-10(2)14(8,11(3)9-16)15-17-12(4,5)13(6,7)18-15/h9-10,16H,1-8H3/b11-9+/t14-/m1/s1. The largest absolute Gasteiger partial charge is 0.516 e. The summed E-state index contributed by atoms with van der Waals surface area (Å²) in [5.41, 5.74) is 0.198. The Hall–Kier alpha value is -0.475. The molecule has 1 atom stereocenters. The first-order chi connectivity index (χ1) is 7.99. The van der Waals surface area contributed by atoms with Gasteiger partial charge in [-0.05, 0) is 46.1 Å². The van der Waals surface area contributed by atoms with Gasteiger partial charge in [0.1, 0.15) is 0 Å². The van der Waals surface area contributed by atoms with E-state index in [1.807, 2.05) is 34.6 Å². The van der Waals surface area contributed by atoms with E-state index in [1.54, 1.807) is 0 Å². The molecule has 3 nitrogen and oxygen atoms in total. The minimum Gasteiger partial charge on any atom is -0.516 e. The zero-order valence-corrected chi connectivity index (χ0v) is 13.0. The van der Waals surface area contributed by atoms with Crippen LogP contribution >= 0.6 is 0 Å². The number of rotatable bonds is 3. The lowest BCUT2D eigenvalue weighted by atomic mass is 9.50. The molecule has 1 fully saturated rings. The zero-order chi connectivity index (χ0) is 14.4. The first-order valence-electron chi connectivity index (χ1n) is 6.66. The topological polar surface area (TPSA) is 38.7 Å². The smallest absolute Gasteiger partial charge is 0.468 e. The number of aliphatic hydroxyl groups is 1. The molecule has 0 saturated carbocycles. The molecule has 1 heterocycles. The van der Waals surface area contributed by atoms with E-state index in [1.165, 1.54) is 6.26 Å². The highest BCUT2D eigenvalue weighted by Crippen LogP contribution is 2.52. The Bertz CT molecular complexity index is 331. The van der Waals surface area contributed by atoms with Crippen LogP contribution in [0, 0.1) is 5.92 Å². The fraction of sp³-hybridized carbons (Fsp3) is 0.857. The lowest BCUT2D eigenvalue weighted by molar-refractivity contribution is 0.00578. The van der Waals surface area contributed by atoms with Crippen LogP contribution in [0.5, 0.6) is 0 Å². The molecule has 1 aliphatic heterocycles. The van der Waals surface area contributed by atoms with Crippen molar-refractivity contribution in [2.24, 2.45) is 5.92 Å². The highest BCUT2D eigenvalue weighted by atomic mass is 16.7. The number of allylic oxidation sites excluding steroid dienone is 1. The monoisotopic (exact) mass is 254 g/mol. The highest BCUT2D eigenvalue weighted by molar-refractivity contribution is 6.50. The first kappa shape index (κ1) is 15.6. The van der Waals surface area contributed by atoms with E-state index >= 15 is 0 Å². The molecule has 0 aromatic rings. The van der Waals surface area contributed by atoms with E-state index in [4.69, 9.17) is 9.31 Å². The van der Waals surface area contributed by atoms with Crippen molar-refractivity contribution in [3.63, 3.8) is 0 Å². The highest BCUT2D eigenvalue weighted by Gasteiger charge is 2.59. The van der Waals surface area contributed by atoms with Crippen molar-refractivity contribution in [2.45, 2.75) is 71.9 Å². The second-order valence-corrected chi connectivity index (χ2v) is 6.84. The van der Waals surface area contributed by atoms with Gasteiger partial charge in [0, 0.05) is 5.31 Å². The van der Waals surface area contributed by atoms with Crippen LogP contribution in [0.4, 0.5) is 0 Å². The molecule has 0 aromatic carbocycles. The molecule has 0 aromatic heterocycles.